The van der Waals surface area contributed by atoms with Gasteiger partial charge in [-0.1, -0.05) is 0 Å². The molecule has 2 heteroatoms. The Hall–Kier alpha value is -0.530. The van der Waals surface area contributed by atoms with Crippen LogP contribution in [0.2, 0.25) is 0 Å². The van der Waals surface area contributed by atoms with Crippen molar-refractivity contribution in [3.63, 3.8) is 0 Å². The molecule has 1 saturated heterocycles. The molecule has 0 aromatic rings. The van der Waals surface area contributed by atoms with E-state index in [2.05, 4.69) is 0 Å². The van der Waals surface area contributed by atoms with Crippen molar-refractivity contribution >= 4 is 5.91 Å². The molecule has 0 bridgehead atoms. The van der Waals surface area contributed by atoms with Gasteiger partial charge in [0.2, 0.25) is 5.91 Å². The number of hydrogen-bond acceptors (Lipinski definition) is 1. The van der Waals surface area contributed by atoms with Gasteiger partial charge in [-0.05, 0) is 19.3 Å². The zero-order valence-electron chi connectivity index (χ0n) is 5.76. The quantitative estimate of drug-likeness (QED) is 0.477. The molecule has 1 aliphatic heterocycles. The van der Waals surface area contributed by atoms with Crippen LogP contribution in [0.4, 0.5) is 0 Å². The average Bonchev–Trinajstić information content (AvgIpc) is 1.90. The lowest BCUT2D eigenvalue weighted by Gasteiger charge is -2.24. The first-order chi connectivity index (χ1) is 4.30. The van der Waals surface area contributed by atoms with Crippen molar-refractivity contribution in [1.29, 1.82) is 0 Å². The fraction of sp³-hybridized carbons (Fsp3) is 0.714. The first kappa shape index (κ1) is 6.59. The monoisotopic (exact) mass is 126 g/mol. The Morgan fingerprint density at radius 3 is 2.67 bits per heavy atom. The number of amides is 1. The highest BCUT2D eigenvalue weighted by atomic mass is 16.2. The predicted molar refractivity (Wildman–Crippen MR) is 35.5 cm³/mol. The molecule has 0 N–H and O–H groups in total. The zero-order chi connectivity index (χ0) is 6.69. The summed E-state index contributed by atoms with van der Waals surface area (Å²) in [6.07, 6.45) is 3.47. The Kier molecular flexibility index (Phi) is 2.09. The molecule has 1 radical (unpaired) electrons. The third-order valence-electron chi connectivity index (χ3n) is 1.61. The fourth-order valence-electron chi connectivity index (χ4n) is 1.05. The molecular weight excluding hydrogens is 114 g/mol. The van der Waals surface area contributed by atoms with Crippen molar-refractivity contribution in [2.45, 2.75) is 26.2 Å². The van der Waals surface area contributed by atoms with Crippen LogP contribution in [0.3, 0.4) is 0 Å². The fourth-order valence-corrected chi connectivity index (χ4v) is 1.05. The lowest BCUT2D eigenvalue weighted by molar-refractivity contribution is -0.127. The maximum atomic E-state index is 10.7. The van der Waals surface area contributed by atoms with Gasteiger partial charge in [0, 0.05) is 13.5 Å². The minimum atomic E-state index is 0.176. The zero-order valence-corrected chi connectivity index (χ0v) is 5.76. The van der Waals surface area contributed by atoms with E-state index in [1.807, 2.05) is 6.54 Å². The highest BCUT2D eigenvalue weighted by molar-refractivity contribution is 5.73. The Morgan fingerprint density at radius 2 is 2.33 bits per heavy atom. The summed E-state index contributed by atoms with van der Waals surface area (Å²) in [6.45, 7) is 4.53. The number of likely N-dealkylation sites (tertiary alicyclic amines) is 1. The third kappa shape index (κ3) is 1.70. The number of nitrogens with zero attached hydrogens (tertiary/aromatic N) is 1. The van der Waals surface area contributed by atoms with Crippen molar-refractivity contribution in [3.05, 3.63) is 6.54 Å². The minimum Gasteiger partial charge on any atom is -0.338 e. The van der Waals surface area contributed by atoms with E-state index in [4.69, 9.17) is 0 Å². The van der Waals surface area contributed by atoms with E-state index in [0.717, 1.165) is 19.4 Å². The summed E-state index contributed by atoms with van der Waals surface area (Å²) in [7, 11) is 0. The van der Waals surface area contributed by atoms with Crippen LogP contribution >= 0.6 is 0 Å². The van der Waals surface area contributed by atoms with Gasteiger partial charge in [-0.3, -0.25) is 4.79 Å². The molecule has 0 aromatic heterocycles. The van der Waals surface area contributed by atoms with Gasteiger partial charge in [0.1, 0.15) is 0 Å². The summed E-state index contributed by atoms with van der Waals surface area (Å²) < 4.78 is 0. The topological polar surface area (TPSA) is 20.3 Å². The van der Waals surface area contributed by atoms with E-state index in [0.29, 0.717) is 0 Å². The first-order valence-corrected chi connectivity index (χ1v) is 3.41. The van der Waals surface area contributed by atoms with Gasteiger partial charge in [0.05, 0.1) is 6.54 Å². The Balaban J connectivity index is 2.31. The molecule has 1 heterocycles. The second kappa shape index (κ2) is 2.85. The van der Waals surface area contributed by atoms with E-state index < -0.39 is 0 Å². The van der Waals surface area contributed by atoms with Crippen LogP contribution in [0.1, 0.15) is 26.2 Å². The molecule has 1 aliphatic rings. The first-order valence-electron chi connectivity index (χ1n) is 3.41. The molecule has 2 nitrogen and oxygen atoms in total. The highest BCUT2D eigenvalue weighted by Gasteiger charge is 2.11. The number of carbonyl (C=O) groups is 1. The minimum absolute atomic E-state index is 0.176. The summed E-state index contributed by atoms with van der Waals surface area (Å²) in [4.78, 5) is 12.5. The molecule has 0 aromatic carbocycles. The maximum absolute atomic E-state index is 10.7. The molecule has 1 fully saturated rings. The lowest BCUT2D eigenvalue weighted by atomic mass is 10.1. The van der Waals surface area contributed by atoms with Crippen LogP contribution in [-0.4, -0.2) is 17.4 Å². The Morgan fingerprint density at radius 1 is 1.56 bits per heavy atom. The summed E-state index contributed by atoms with van der Waals surface area (Å²) in [5.41, 5.74) is 0. The summed E-state index contributed by atoms with van der Waals surface area (Å²) in [6, 6.07) is 0. The van der Waals surface area contributed by atoms with E-state index >= 15 is 0 Å². The van der Waals surface area contributed by atoms with Crippen LogP contribution in [0.5, 0.6) is 0 Å². The van der Waals surface area contributed by atoms with Crippen LogP contribution < -0.4 is 0 Å². The highest BCUT2D eigenvalue weighted by Crippen LogP contribution is 2.11. The summed E-state index contributed by atoms with van der Waals surface area (Å²) in [5.74, 6) is 0.176. The van der Waals surface area contributed by atoms with Crippen molar-refractivity contribution in [1.82, 2.24) is 4.90 Å². The van der Waals surface area contributed by atoms with Crippen molar-refractivity contribution in [3.8, 4) is 0 Å². The van der Waals surface area contributed by atoms with E-state index in [1.165, 1.54) is 6.42 Å². The second-order valence-electron chi connectivity index (χ2n) is 2.39. The molecule has 1 amide bonds. The number of piperidine rings is 1. The summed E-state index contributed by atoms with van der Waals surface area (Å²) in [5, 5.41) is 0. The second-order valence-corrected chi connectivity index (χ2v) is 2.39. The van der Waals surface area contributed by atoms with Crippen molar-refractivity contribution in [2.75, 3.05) is 6.54 Å². The summed E-state index contributed by atoms with van der Waals surface area (Å²) >= 11 is 0. The standard InChI is InChI=1S/C7H12NO/c1-7(9)8-5-3-2-4-6-8/h5H,2-4,6H2,1H3. The van der Waals surface area contributed by atoms with Crippen LogP contribution in [0, 0.1) is 6.54 Å². The Labute approximate surface area is 55.8 Å². The Bertz CT molecular complexity index is 105. The molecule has 1 rings (SSSR count). The smallest absolute Gasteiger partial charge is 0.219 e. The largest absolute Gasteiger partial charge is 0.338 e. The van der Waals surface area contributed by atoms with Gasteiger partial charge in [-0.15, -0.1) is 0 Å². The van der Waals surface area contributed by atoms with Gasteiger partial charge in [0.15, 0.2) is 0 Å². The molecule has 0 saturated carbocycles. The van der Waals surface area contributed by atoms with Gasteiger partial charge in [-0.2, -0.15) is 0 Å². The van der Waals surface area contributed by atoms with Gasteiger partial charge < -0.3 is 4.90 Å². The molecule has 0 aliphatic carbocycles. The van der Waals surface area contributed by atoms with Crippen LogP contribution in [0.25, 0.3) is 0 Å². The average molecular weight is 126 g/mol. The van der Waals surface area contributed by atoms with Gasteiger partial charge in [0.25, 0.3) is 0 Å². The molecule has 9 heavy (non-hydrogen) atoms. The number of hydrogen-bond donors (Lipinski definition) is 0. The normalized spacial score (nSPS) is 19.9. The van der Waals surface area contributed by atoms with Crippen molar-refractivity contribution in [2.24, 2.45) is 0 Å². The lowest BCUT2D eigenvalue weighted by Crippen LogP contribution is -2.29. The molecule has 0 unspecified atom stereocenters. The SMILES string of the molecule is CC(=O)N1[CH]CCCC1. The molecular formula is C7H12NO. The number of carbonyl (C=O) groups excluding carboxylic acids is 1. The van der Waals surface area contributed by atoms with Crippen molar-refractivity contribution < 1.29 is 4.79 Å². The van der Waals surface area contributed by atoms with Crippen LogP contribution in [0.15, 0.2) is 0 Å². The molecule has 0 atom stereocenters. The predicted octanol–water partition coefficient (Wildman–Crippen LogP) is 1.18. The van der Waals surface area contributed by atoms with Gasteiger partial charge >= 0.3 is 0 Å². The van der Waals surface area contributed by atoms with Gasteiger partial charge in [-0.25, -0.2) is 0 Å². The molecule has 0 spiro atoms. The third-order valence-corrected chi connectivity index (χ3v) is 1.61. The van der Waals surface area contributed by atoms with E-state index in [9.17, 15) is 4.79 Å². The number of rotatable bonds is 0. The maximum Gasteiger partial charge on any atom is 0.219 e. The molecule has 51 valence electrons. The van der Waals surface area contributed by atoms with E-state index in [1.54, 1.807) is 11.8 Å². The van der Waals surface area contributed by atoms with E-state index in [-0.39, 0.29) is 5.91 Å². The van der Waals surface area contributed by atoms with Crippen LogP contribution in [-0.2, 0) is 4.79 Å².